The molecule has 0 aromatic heterocycles. The second-order valence-electron chi connectivity index (χ2n) is 4.43. The maximum Gasteiger partial charge on any atom is 0.294 e. The van der Waals surface area contributed by atoms with Crippen molar-refractivity contribution in [2.45, 2.75) is 18.2 Å². The third-order valence-corrected chi connectivity index (χ3v) is 3.84. The smallest absolute Gasteiger partial charge is 0.294 e. The predicted octanol–water partition coefficient (Wildman–Crippen LogP) is 2.69. The first-order valence-corrected chi connectivity index (χ1v) is 7.78. The van der Waals surface area contributed by atoms with Crippen molar-refractivity contribution >= 4 is 21.5 Å². The molecule has 2 aromatic carbocycles. The summed E-state index contributed by atoms with van der Waals surface area (Å²) in [7, 11) is -4.26. The zero-order valence-electron chi connectivity index (χ0n) is 11.6. The molecule has 0 saturated carbocycles. The van der Waals surface area contributed by atoms with Crippen molar-refractivity contribution in [3.05, 3.63) is 42.0 Å². The van der Waals surface area contributed by atoms with Crippen LogP contribution in [0.15, 0.2) is 51.5 Å². The van der Waals surface area contributed by atoms with E-state index in [0.717, 1.165) is 0 Å². The highest BCUT2D eigenvalue weighted by Crippen LogP contribution is 2.35. The van der Waals surface area contributed by atoms with E-state index < -0.39 is 15.9 Å². The standard InChI is InChI=1S/C14H14N2O5S/c1-2-11-13(17)8-7-12(14(11)18)16-15-9-3-5-10(6-4-9)22(19,20)21/h3-8,17-18H,2H2,1H3,(H,19,20,21)/p-1. The van der Waals surface area contributed by atoms with Crippen LogP contribution in [0.5, 0.6) is 11.5 Å². The maximum atomic E-state index is 12.0. The summed E-state index contributed by atoms with van der Waals surface area (Å²) in [5.41, 5.74) is 0.657. The Hall–Kier alpha value is -2.45. The molecule has 0 aliphatic rings. The van der Waals surface area contributed by atoms with Crippen molar-refractivity contribution in [1.82, 2.24) is 0 Å². The molecule has 0 radical (unpaired) electrons. The second-order valence-corrected chi connectivity index (χ2v) is 5.86. The molecule has 0 aliphatic carbocycles. The van der Waals surface area contributed by atoms with Crippen molar-refractivity contribution < 1.29 is 23.2 Å². The number of nitrogens with zero attached hydrogens (tertiary/aromatic N) is 2. The van der Waals surface area contributed by atoms with E-state index in [1.165, 1.54) is 36.4 Å². The van der Waals surface area contributed by atoms with Crippen molar-refractivity contribution in [1.29, 1.82) is 0 Å². The van der Waals surface area contributed by atoms with Gasteiger partial charge in [-0.15, -0.1) is 0 Å². The Kier molecular flexibility index (Phi) is 4.43. The molecule has 0 amide bonds. The zero-order valence-corrected chi connectivity index (χ0v) is 12.4. The molecule has 2 rings (SSSR count). The molecule has 0 aliphatic heterocycles. The van der Waals surface area contributed by atoms with Gasteiger partial charge in [-0.25, -0.2) is 0 Å². The summed E-state index contributed by atoms with van der Waals surface area (Å²) < 4.78 is 30.7. The van der Waals surface area contributed by atoms with Crippen LogP contribution in [0.2, 0.25) is 0 Å². The fraction of sp³-hybridized carbons (Fsp3) is 0.143. The van der Waals surface area contributed by atoms with Crippen LogP contribution in [0.4, 0.5) is 11.4 Å². The average molecular weight is 321 g/mol. The largest absolute Gasteiger partial charge is 0.871 e. The number of phenolic OH excluding ortho intramolecular Hbond substituents is 1. The summed E-state index contributed by atoms with van der Waals surface area (Å²) in [6.07, 6.45) is 0.372. The van der Waals surface area contributed by atoms with E-state index in [-0.39, 0.29) is 21.9 Å². The maximum absolute atomic E-state index is 12.0. The Balaban J connectivity index is 2.30. The van der Waals surface area contributed by atoms with Crippen molar-refractivity contribution in [3.63, 3.8) is 0 Å². The minimum absolute atomic E-state index is 0.0773. The van der Waals surface area contributed by atoms with Crippen molar-refractivity contribution in [2.75, 3.05) is 0 Å². The SMILES string of the molecule is CCc1c(O)ccc(N=Nc2ccc(S(=O)(=O)O)cc2)c1[O-]. The number of rotatable bonds is 4. The normalized spacial score (nSPS) is 11.9. The van der Waals surface area contributed by atoms with E-state index in [9.17, 15) is 18.6 Å². The molecular weight excluding hydrogens is 308 g/mol. The zero-order chi connectivity index (χ0) is 16.3. The summed E-state index contributed by atoms with van der Waals surface area (Å²) in [5, 5.41) is 29.2. The Bertz CT molecular complexity index is 814. The van der Waals surface area contributed by atoms with E-state index in [4.69, 9.17) is 4.55 Å². The number of azo groups is 1. The van der Waals surface area contributed by atoms with Gasteiger partial charge in [0.15, 0.2) is 0 Å². The van der Waals surface area contributed by atoms with E-state index in [2.05, 4.69) is 10.2 Å². The van der Waals surface area contributed by atoms with Gasteiger partial charge in [0.25, 0.3) is 10.1 Å². The first-order valence-electron chi connectivity index (χ1n) is 6.34. The summed E-state index contributed by atoms with van der Waals surface area (Å²) in [6.45, 7) is 1.74. The van der Waals surface area contributed by atoms with E-state index in [0.29, 0.717) is 12.1 Å². The number of benzene rings is 2. The van der Waals surface area contributed by atoms with E-state index in [1.54, 1.807) is 6.92 Å². The van der Waals surface area contributed by atoms with Crippen LogP contribution in [0.3, 0.4) is 0 Å². The highest BCUT2D eigenvalue weighted by atomic mass is 32.2. The van der Waals surface area contributed by atoms with Gasteiger partial charge in [0, 0.05) is 0 Å². The molecule has 0 unspecified atom stereocenters. The molecule has 0 bridgehead atoms. The molecule has 116 valence electrons. The van der Waals surface area contributed by atoms with Crippen LogP contribution >= 0.6 is 0 Å². The predicted molar refractivity (Wildman–Crippen MR) is 77.4 cm³/mol. The van der Waals surface area contributed by atoms with Gasteiger partial charge in [0.1, 0.15) is 5.75 Å². The highest BCUT2D eigenvalue weighted by Gasteiger charge is 2.08. The van der Waals surface area contributed by atoms with Gasteiger partial charge in [0.05, 0.1) is 16.3 Å². The average Bonchev–Trinajstić information content (AvgIpc) is 2.46. The lowest BCUT2D eigenvalue weighted by atomic mass is 10.1. The van der Waals surface area contributed by atoms with Gasteiger partial charge in [-0.3, -0.25) is 4.55 Å². The third kappa shape index (κ3) is 3.41. The Morgan fingerprint density at radius 3 is 2.27 bits per heavy atom. The molecule has 0 spiro atoms. The quantitative estimate of drug-likeness (QED) is 0.662. The fourth-order valence-corrected chi connectivity index (χ4v) is 2.30. The molecule has 0 atom stereocenters. The van der Waals surface area contributed by atoms with Crippen molar-refractivity contribution in [3.8, 4) is 11.5 Å². The first-order chi connectivity index (χ1) is 10.3. The highest BCUT2D eigenvalue weighted by molar-refractivity contribution is 7.85. The minimum Gasteiger partial charge on any atom is -0.871 e. The van der Waals surface area contributed by atoms with Crippen LogP contribution < -0.4 is 5.11 Å². The number of aromatic hydroxyl groups is 1. The van der Waals surface area contributed by atoms with E-state index in [1.807, 2.05) is 0 Å². The second kappa shape index (κ2) is 6.12. The molecule has 22 heavy (non-hydrogen) atoms. The Morgan fingerprint density at radius 2 is 1.73 bits per heavy atom. The van der Waals surface area contributed by atoms with E-state index >= 15 is 0 Å². The number of hydrogen-bond acceptors (Lipinski definition) is 6. The van der Waals surface area contributed by atoms with Gasteiger partial charge >= 0.3 is 0 Å². The molecule has 0 fully saturated rings. The molecule has 2 aromatic rings. The molecule has 0 heterocycles. The Morgan fingerprint density at radius 1 is 1.09 bits per heavy atom. The summed E-state index contributed by atoms with van der Waals surface area (Å²) in [6, 6.07) is 7.77. The van der Waals surface area contributed by atoms with Gasteiger partial charge < -0.3 is 10.2 Å². The molecule has 8 heteroatoms. The fourth-order valence-electron chi connectivity index (χ4n) is 1.82. The molecule has 7 nitrogen and oxygen atoms in total. The lowest BCUT2D eigenvalue weighted by molar-refractivity contribution is -0.268. The van der Waals surface area contributed by atoms with Crippen LogP contribution in [-0.4, -0.2) is 18.1 Å². The van der Waals surface area contributed by atoms with Gasteiger partial charge in [-0.1, -0.05) is 12.7 Å². The van der Waals surface area contributed by atoms with Gasteiger partial charge in [0.2, 0.25) is 0 Å². The minimum atomic E-state index is -4.26. The Labute approximate surface area is 127 Å². The molecule has 2 N–H and O–H groups in total. The lowest BCUT2D eigenvalue weighted by Gasteiger charge is -2.15. The van der Waals surface area contributed by atoms with Crippen LogP contribution in [0, 0.1) is 0 Å². The lowest BCUT2D eigenvalue weighted by Crippen LogP contribution is -1.96. The van der Waals surface area contributed by atoms with Crippen LogP contribution in [-0.2, 0) is 16.5 Å². The summed E-state index contributed by atoms with van der Waals surface area (Å²) in [4.78, 5) is -0.256. The number of hydrogen-bond donors (Lipinski definition) is 2. The number of phenols is 1. The third-order valence-electron chi connectivity index (χ3n) is 2.98. The summed E-state index contributed by atoms with van der Waals surface area (Å²) in [5.74, 6) is -0.482. The van der Waals surface area contributed by atoms with Gasteiger partial charge in [-0.2, -0.15) is 18.6 Å². The van der Waals surface area contributed by atoms with Crippen molar-refractivity contribution in [2.24, 2.45) is 10.2 Å². The first kappa shape index (κ1) is 15.9. The van der Waals surface area contributed by atoms with Gasteiger partial charge in [-0.05, 0) is 48.4 Å². The van der Waals surface area contributed by atoms with Crippen LogP contribution in [0.25, 0.3) is 0 Å². The molecule has 0 saturated heterocycles. The molecular formula is C14H13N2O5S-. The monoisotopic (exact) mass is 321 g/mol. The summed E-state index contributed by atoms with van der Waals surface area (Å²) >= 11 is 0. The topological polar surface area (TPSA) is 122 Å². The van der Waals surface area contributed by atoms with Crippen LogP contribution in [0.1, 0.15) is 12.5 Å².